The Morgan fingerprint density at radius 1 is 0.917 bits per heavy atom. The number of halogens is 3. The molecular weight excluding hydrogens is 309 g/mol. The van der Waals surface area contributed by atoms with Crippen LogP contribution in [0.3, 0.4) is 0 Å². The predicted octanol–water partition coefficient (Wildman–Crippen LogP) is 7.03. The Labute approximate surface area is 141 Å². The summed E-state index contributed by atoms with van der Waals surface area (Å²) in [5, 5.41) is 0. The van der Waals surface area contributed by atoms with E-state index < -0.39 is 17.8 Å². The van der Waals surface area contributed by atoms with E-state index in [0.717, 1.165) is 31.2 Å². The van der Waals surface area contributed by atoms with Crippen LogP contribution in [-0.4, -0.2) is 0 Å². The van der Waals surface area contributed by atoms with E-state index in [-0.39, 0.29) is 5.92 Å². The van der Waals surface area contributed by atoms with Crippen LogP contribution >= 0.6 is 0 Å². The highest BCUT2D eigenvalue weighted by Crippen LogP contribution is 2.41. The molecule has 0 spiro atoms. The lowest BCUT2D eigenvalue weighted by atomic mass is 9.78. The van der Waals surface area contributed by atoms with Gasteiger partial charge in [0.05, 0.1) is 5.56 Å². The van der Waals surface area contributed by atoms with Crippen molar-refractivity contribution in [1.29, 1.82) is 0 Å². The Kier molecular flexibility index (Phi) is 4.98. The normalized spacial score (nSPS) is 21.2. The van der Waals surface area contributed by atoms with E-state index in [2.05, 4.69) is 6.92 Å². The lowest BCUT2D eigenvalue weighted by Gasteiger charge is -2.27. The summed E-state index contributed by atoms with van der Waals surface area (Å²) in [6.45, 7) is 4.13. The average Bonchev–Trinajstić information content (AvgIpc) is 2.56. The SMILES string of the molecule is Cc1ccc(-c2ccc(C3CCC(C)CC3)c(F)c2C(F)F)cc1. The van der Waals surface area contributed by atoms with Gasteiger partial charge >= 0.3 is 0 Å². The van der Waals surface area contributed by atoms with Crippen LogP contribution in [-0.2, 0) is 0 Å². The number of alkyl halides is 2. The van der Waals surface area contributed by atoms with Gasteiger partial charge in [-0.3, -0.25) is 0 Å². The summed E-state index contributed by atoms with van der Waals surface area (Å²) >= 11 is 0. The topological polar surface area (TPSA) is 0 Å². The quantitative estimate of drug-likeness (QED) is 0.566. The highest BCUT2D eigenvalue weighted by atomic mass is 19.3. The van der Waals surface area contributed by atoms with Crippen molar-refractivity contribution in [3.63, 3.8) is 0 Å². The van der Waals surface area contributed by atoms with Gasteiger partial charge in [-0.15, -0.1) is 0 Å². The minimum absolute atomic E-state index is 0.0609. The molecule has 0 bridgehead atoms. The molecule has 0 N–H and O–H groups in total. The molecule has 3 rings (SSSR count). The molecule has 0 unspecified atom stereocenters. The second-order valence-corrected chi connectivity index (χ2v) is 7.05. The number of benzene rings is 2. The van der Waals surface area contributed by atoms with E-state index >= 15 is 0 Å². The lowest BCUT2D eigenvalue weighted by Crippen LogP contribution is -2.13. The third kappa shape index (κ3) is 3.35. The summed E-state index contributed by atoms with van der Waals surface area (Å²) in [6, 6.07) is 10.7. The summed E-state index contributed by atoms with van der Waals surface area (Å²) in [4.78, 5) is 0. The number of rotatable bonds is 3. The Morgan fingerprint density at radius 2 is 1.54 bits per heavy atom. The van der Waals surface area contributed by atoms with Gasteiger partial charge < -0.3 is 0 Å². The first-order chi connectivity index (χ1) is 11.5. The summed E-state index contributed by atoms with van der Waals surface area (Å²) in [5.74, 6) is -0.000826. The van der Waals surface area contributed by atoms with Crippen molar-refractivity contribution in [3.05, 3.63) is 58.9 Å². The van der Waals surface area contributed by atoms with Gasteiger partial charge in [-0.2, -0.15) is 0 Å². The molecule has 24 heavy (non-hydrogen) atoms. The summed E-state index contributed by atoms with van der Waals surface area (Å²) in [7, 11) is 0. The summed E-state index contributed by atoms with van der Waals surface area (Å²) in [5.41, 5.74) is 2.00. The molecule has 2 aromatic carbocycles. The fourth-order valence-corrected chi connectivity index (χ4v) is 3.69. The third-order valence-electron chi connectivity index (χ3n) is 5.25. The van der Waals surface area contributed by atoms with Crippen LogP contribution in [0.5, 0.6) is 0 Å². The zero-order valence-electron chi connectivity index (χ0n) is 14.2. The molecule has 0 atom stereocenters. The third-order valence-corrected chi connectivity index (χ3v) is 5.25. The molecule has 0 heterocycles. The molecule has 0 nitrogen and oxygen atoms in total. The molecule has 1 saturated carbocycles. The van der Waals surface area contributed by atoms with Gasteiger partial charge in [-0.1, -0.05) is 61.7 Å². The van der Waals surface area contributed by atoms with Crippen LogP contribution in [0.2, 0.25) is 0 Å². The largest absolute Gasteiger partial charge is 0.267 e. The number of hydrogen-bond donors (Lipinski definition) is 0. The van der Waals surface area contributed by atoms with Crippen LogP contribution < -0.4 is 0 Å². The maximum absolute atomic E-state index is 15.0. The molecule has 0 saturated heterocycles. The Hall–Kier alpha value is -1.77. The van der Waals surface area contributed by atoms with Gasteiger partial charge in [0.2, 0.25) is 0 Å². The zero-order chi connectivity index (χ0) is 17.3. The van der Waals surface area contributed by atoms with Gasteiger partial charge in [0.15, 0.2) is 0 Å². The van der Waals surface area contributed by atoms with Crippen molar-refractivity contribution in [3.8, 4) is 11.1 Å². The molecular formula is C21H23F3. The van der Waals surface area contributed by atoms with E-state index in [1.807, 2.05) is 19.1 Å². The smallest absolute Gasteiger partial charge is 0.206 e. The van der Waals surface area contributed by atoms with Crippen LogP contribution in [0.4, 0.5) is 13.2 Å². The van der Waals surface area contributed by atoms with Gasteiger partial charge in [-0.25, -0.2) is 13.2 Å². The molecule has 3 heteroatoms. The molecule has 0 radical (unpaired) electrons. The summed E-state index contributed by atoms with van der Waals surface area (Å²) < 4.78 is 42.2. The van der Waals surface area contributed by atoms with Crippen molar-refractivity contribution < 1.29 is 13.2 Å². The van der Waals surface area contributed by atoms with Crippen molar-refractivity contribution in [2.75, 3.05) is 0 Å². The molecule has 0 aliphatic heterocycles. The monoisotopic (exact) mass is 332 g/mol. The number of hydrogen-bond acceptors (Lipinski definition) is 0. The van der Waals surface area contributed by atoms with Gasteiger partial charge in [0.25, 0.3) is 6.43 Å². The van der Waals surface area contributed by atoms with Crippen molar-refractivity contribution in [2.45, 2.75) is 51.9 Å². The van der Waals surface area contributed by atoms with Crippen molar-refractivity contribution in [2.24, 2.45) is 5.92 Å². The second kappa shape index (κ2) is 7.00. The highest BCUT2D eigenvalue weighted by Gasteiger charge is 2.27. The van der Waals surface area contributed by atoms with Crippen molar-refractivity contribution in [1.82, 2.24) is 0 Å². The van der Waals surface area contributed by atoms with Gasteiger partial charge in [-0.05, 0) is 48.3 Å². The lowest BCUT2D eigenvalue weighted by molar-refractivity contribution is 0.146. The maximum atomic E-state index is 15.0. The van der Waals surface area contributed by atoms with E-state index in [0.29, 0.717) is 22.6 Å². The summed E-state index contributed by atoms with van der Waals surface area (Å²) in [6.07, 6.45) is 1.01. The first-order valence-corrected chi connectivity index (χ1v) is 8.65. The Balaban J connectivity index is 2.03. The van der Waals surface area contributed by atoms with E-state index in [1.165, 1.54) is 0 Å². The molecule has 1 aliphatic rings. The van der Waals surface area contributed by atoms with Crippen LogP contribution in [0, 0.1) is 18.7 Å². The van der Waals surface area contributed by atoms with Crippen LogP contribution in [0.25, 0.3) is 11.1 Å². The first kappa shape index (κ1) is 17.1. The highest BCUT2D eigenvalue weighted by molar-refractivity contribution is 5.69. The number of aryl methyl sites for hydroxylation is 1. The minimum Gasteiger partial charge on any atom is -0.206 e. The molecule has 1 fully saturated rings. The fourth-order valence-electron chi connectivity index (χ4n) is 3.69. The van der Waals surface area contributed by atoms with Gasteiger partial charge in [0, 0.05) is 0 Å². The maximum Gasteiger partial charge on any atom is 0.267 e. The molecule has 0 aromatic heterocycles. The van der Waals surface area contributed by atoms with E-state index in [1.54, 1.807) is 24.3 Å². The average molecular weight is 332 g/mol. The van der Waals surface area contributed by atoms with E-state index in [4.69, 9.17) is 0 Å². The predicted molar refractivity (Wildman–Crippen MR) is 91.9 cm³/mol. The van der Waals surface area contributed by atoms with Crippen molar-refractivity contribution >= 4 is 0 Å². The fraction of sp³-hybridized carbons (Fsp3) is 0.429. The van der Waals surface area contributed by atoms with Gasteiger partial charge in [0.1, 0.15) is 5.82 Å². The molecule has 1 aliphatic carbocycles. The Bertz CT molecular complexity index is 696. The van der Waals surface area contributed by atoms with E-state index in [9.17, 15) is 13.2 Å². The zero-order valence-corrected chi connectivity index (χ0v) is 14.2. The van der Waals surface area contributed by atoms with Crippen LogP contribution in [0.1, 0.15) is 61.6 Å². The minimum atomic E-state index is -2.82. The first-order valence-electron chi connectivity index (χ1n) is 8.65. The van der Waals surface area contributed by atoms with Crippen LogP contribution in [0.15, 0.2) is 36.4 Å². The second-order valence-electron chi connectivity index (χ2n) is 7.05. The Morgan fingerprint density at radius 3 is 2.12 bits per heavy atom. The molecule has 0 amide bonds. The molecule has 2 aromatic rings. The standard InChI is InChI=1S/C21H23F3/c1-13-3-7-15(8-4-13)17-11-12-18(20(22)19(17)21(23)24)16-9-5-14(2)6-10-16/h3-4,7-8,11-12,14,16,21H,5-6,9-10H2,1-2H3. The molecule has 128 valence electrons.